The van der Waals surface area contributed by atoms with Gasteiger partial charge in [-0.25, -0.2) is 9.59 Å². The molecule has 0 saturated carbocycles. The molecule has 0 radical (unpaired) electrons. The molecule has 2 aromatic rings. The Morgan fingerprint density at radius 3 is 2.41 bits per heavy atom. The number of amides is 2. The molecular weight excluding hydrogens is 466 g/mol. The number of likely N-dealkylation sites (N-methyl/N-ethyl adjacent to an activating group) is 1. The molecule has 1 aromatic carbocycles. The second-order valence-corrected chi connectivity index (χ2v) is 11.1. The summed E-state index contributed by atoms with van der Waals surface area (Å²) in [6.07, 6.45) is 1.45. The Morgan fingerprint density at radius 2 is 1.76 bits per heavy atom. The summed E-state index contributed by atoms with van der Waals surface area (Å²) in [5, 5.41) is 1.07. The van der Waals surface area contributed by atoms with E-state index in [0.717, 1.165) is 61.4 Å². The number of urea groups is 1. The third kappa shape index (κ3) is 5.85. The van der Waals surface area contributed by atoms with Crippen LogP contribution in [0.25, 0.3) is 16.5 Å². The molecule has 2 amide bonds. The predicted molar refractivity (Wildman–Crippen MR) is 148 cm³/mol. The largest absolute Gasteiger partial charge is 0.459 e. The molecule has 8 heteroatoms. The van der Waals surface area contributed by atoms with Crippen LogP contribution in [0, 0.1) is 0 Å². The molecule has 1 fully saturated rings. The maximum atomic E-state index is 13.8. The number of nitrogens with zero attached hydrogens (tertiary/aromatic N) is 4. The molecule has 0 atom stereocenters. The van der Waals surface area contributed by atoms with Crippen LogP contribution in [-0.4, -0.2) is 102 Å². The average Bonchev–Trinajstić information content (AvgIpc) is 3.21. The molecule has 2 aliphatic rings. The standard InChI is InChI=1S/C29H43N5O3/c1-7-31(8-2)13-14-32-15-17-33(18-16-32)28(36)34-19-23(27(35)37-21(3)4)26-25(29(5,6)20-34)22-11-9-10-12-24(22)30-26/h9-12,19,21,30H,7-8,13-18,20H2,1-6H3. The number of rotatable bonds is 7. The van der Waals surface area contributed by atoms with Gasteiger partial charge in [-0.2, -0.15) is 0 Å². The van der Waals surface area contributed by atoms with Crippen LogP contribution in [0.15, 0.2) is 30.5 Å². The van der Waals surface area contributed by atoms with E-state index in [2.05, 4.69) is 48.5 Å². The van der Waals surface area contributed by atoms with Gasteiger partial charge in [0.15, 0.2) is 0 Å². The first kappa shape index (κ1) is 27.2. The number of carbonyl (C=O) groups excluding carboxylic acids is 2. The highest BCUT2D eigenvalue weighted by molar-refractivity contribution is 6.18. The van der Waals surface area contributed by atoms with Gasteiger partial charge in [0, 0.05) is 68.3 Å². The maximum absolute atomic E-state index is 13.8. The summed E-state index contributed by atoms with van der Waals surface area (Å²) in [5.74, 6) is -0.417. The van der Waals surface area contributed by atoms with E-state index < -0.39 is 5.97 Å². The van der Waals surface area contributed by atoms with Gasteiger partial charge in [0.05, 0.1) is 17.4 Å². The van der Waals surface area contributed by atoms with E-state index in [-0.39, 0.29) is 17.6 Å². The molecule has 1 N–H and O–H groups in total. The molecule has 0 unspecified atom stereocenters. The van der Waals surface area contributed by atoms with Crippen molar-refractivity contribution in [1.82, 2.24) is 24.6 Å². The van der Waals surface area contributed by atoms with Crippen LogP contribution in [0.4, 0.5) is 4.79 Å². The Bertz CT molecular complexity index is 1140. The van der Waals surface area contributed by atoms with E-state index in [0.29, 0.717) is 25.2 Å². The maximum Gasteiger partial charge on any atom is 0.342 e. The fraction of sp³-hybridized carbons (Fsp3) is 0.586. The molecule has 3 heterocycles. The summed E-state index contributed by atoms with van der Waals surface area (Å²) in [6, 6.07) is 8.04. The van der Waals surface area contributed by atoms with Gasteiger partial charge in [0.2, 0.25) is 0 Å². The number of hydrogen-bond acceptors (Lipinski definition) is 5. The van der Waals surface area contributed by atoms with Gasteiger partial charge in [0.25, 0.3) is 0 Å². The van der Waals surface area contributed by atoms with Crippen LogP contribution in [0.1, 0.15) is 52.8 Å². The van der Waals surface area contributed by atoms with Crippen molar-refractivity contribution in [3.05, 3.63) is 41.7 Å². The summed E-state index contributed by atoms with van der Waals surface area (Å²) < 4.78 is 5.63. The Hall–Kier alpha value is -2.84. The number of H-pyrrole nitrogens is 1. The number of aromatic nitrogens is 1. The van der Waals surface area contributed by atoms with Crippen LogP contribution in [-0.2, 0) is 14.9 Å². The molecule has 0 spiro atoms. The Balaban J connectivity index is 1.58. The fourth-order valence-corrected chi connectivity index (χ4v) is 5.54. The van der Waals surface area contributed by atoms with E-state index in [1.165, 1.54) is 0 Å². The van der Waals surface area contributed by atoms with Crippen molar-refractivity contribution >= 4 is 28.5 Å². The molecule has 0 aliphatic carbocycles. The topological polar surface area (TPSA) is 72.1 Å². The first-order chi connectivity index (χ1) is 17.6. The summed E-state index contributed by atoms with van der Waals surface area (Å²) >= 11 is 0. The van der Waals surface area contributed by atoms with Crippen LogP contribution >= 0.6 is 0 Å². The van der Waals surface area contributed by atoms with Crippen molar-refractivity contribution in [2.75, 3.05) is 58.9 Å². The second kappa shape index (κ2) is 11.3. The summed E-state index contributed by atoms with van der Waals surface area (Å²) in [5.41, 5.74) is 2.79. The Labute approximate surface area is 221 Å². The average molecular weight is 510 g/mol. The third-order valence-corrected chi connectivity index (χ3v) is 7.58. The summed E-state index contributed by atoms with van der Waals surface area (Å²) in [6.45, 7) is 20.1. The van der Waals surface area contributed by atoms with Crippen molar-refractivity contribution in [3.8, 4) is 0 Å². The third-order valence-electron chi connectivity index (χ3n) is 7.58. The highest BCUT2D eigenvalue weighted by atomic mass is 16.5. The number of nitrogens with one attached hydrogen (secondary N) is 1. The normalized spacial score (nSPS) is 18.2. The summed E-state index contributed by atoms with van der Waals surface area (Å²) in [7, 11) is 0. The number of ether oxygens (including phenoxy) is 1. The van der Waals surface area contributed by atoms with Gasteiger partial charge in [-0.3, -0.25) is 9.80 Å². The van der Waals surface area contributed by atoms with Crippen LogP contribution in [0.5, 0.6) is 0 Å². The molecule has 1 saturated heterocycles. The SMILES string of the molecule is CCN(CC)CCN1CCN(C(=O)N2C=C(C(=O)OC(C)C)c3[nH]c4ccccc4c3C(C)(C)C2)CC1. The highest BCUT2D eigenvalue weighted by Crippen LogP contribution is 2.40. The molecule has 2 aliphatic heterocycles. The Morgan fingerprint density at radius 1 is 1.08 bits per heavy atom. The van der Waals surface area contributed by atoms with Gasteiger partial charge in [-0.05, 0) is 38.6 Å². The minimum atomic E-state index is -0.417. The van der Waals surface area contributed by atoms with Crippen molar-refractivity contribution < 1.29 is 14.3 Å². The molecule has 8 nitrogen and oxygen atoms in total. The molecular formula is C29H43N5O3. The van der Waals surface area contributed by atoms with E-state index in [1.54, 1.807) is 11.1 Å². The smallest absolute Gasteiger partial charge is 0.342 e. The van der Waals surface area contributed by atoms with Gasteiger partial charge >= 0.3 is 12.0 Å². The van der Waals surface area contributed by atoms with Crippen LogP contribution < -0.4 is 0 Å². The zero-order valence-corrected chi connectivity index (χ0v) is 23.3. The Kier molecular flexibility index (Phi) is 8.29. The van der Waals surface area contributed by atoms with Gasteiger partial charge in [0.1, 0.15) is 0 Å². The van der Waals surface area contributed by atoms with Crippen LogP contribution in [0.3, 0.4) is 0 Å². The van der Waals surface area contributed by atoms with Gasteiger partial charge in [-0.15, -0.1) is 0 Å². The number of carbonyl (C=O) groups is 2. The van der Waals surface area contributed by atoms with E-state index in [9.17, 15) is 9.59 Å². The minimum Gasteiger partial charge on any atom is -0.459 e. The van der Waals surface area contributed by atoms with E-state index in [1.807, 2.05) is 36.9 Å². The lowest BCUT2D eigenvalue weighted by Gasteiger charge is -2.38. The molecule has 4 rings (SSSR count). The first-order valence-electron chi connectivity index (χ1n) is 13.7. The van der Waals surface area contributed by atoms with Crippen molar-refractivity contribution in [1.29, 1.82) is 0 Å². The number of fused-ring (bicyclic) bond motifs is 3. The second-order valence-electron chi connectivity index (χ2n) is 11.1. The summed E-state index contributed by atoms with van der Waals surface area (Å²) in [4.78, 5) is 39.1. The van der Waals surface area contributed by atoms with Crippen molar-refractivity contribution in [2.24, 2.45) is 0 Å². The highest BCUT2D eigenvalue weighted by Gasteiger charge is 2.38. The quantitative estimate of drug-likeness (QED) is 0.568. The van der Waals surface area contributed by atoms with Crippen LogP contribution in [0.2, 0.25) is 0 Å². The number of aromatic amines is 1. The predicted octanol–water partition coefficient (Wildman–Crippen LogP) is 4.13. The lowest BCUT2D eigenvalue weighted by Crippen LogP contribution is -2.54. The zero-order chi connectivity index (χ0) is 26.7. The number of hydrogen-bond donors (Lipinski definition) is 1. The number of benzene rings is 1. The molecule has 37 heavy (non-hydrogen) atoms. The monoisotopic (exact) mass is 509 g/mol. The molecule has 0 bridgehead atoms. The number of piperazine rings is 1. The lowest BCUT2D eigenvalue weighted by molar-refractivity contribution is -0.140. The number of para-hydroxylation sites is 1. The molecule has 202 valence electrons. The fourth-order valence-electron chi connectivity index (χ4n) is 5.54. The zero-order valence-electron chi connectivity index (χ0n) is 23.3. The number of esters is 1. The van der Waals surface area contributed by atoms with E-state index in [4.69, 9.17) is 4.74 Å². The minimum absolute atomic E-state index is 0.0548. The van der Waals surface area contributed by atoms with E-state index >= 15 is 0 Å². The van der Waals surface area contributed by atoms with Gasteiger partial charge < -0.3 is 19.5 Å². The lowest BCUT2D eigenvalue weighted by atomic mass is 9.82. The first-order valence-corrected chi connectivity index (χ1v) is 13.7. The van der Waals surface area contributed by atoms with Crippen molar-refractivity contribution in [2.45, 2.75) is 53.1 Å². The van der Waals surface area contributed by atoms with Gasteiger partial charge in [-0.1, -0.05) is 45.9 Å². The molecule has 1 aromatic heterocycles. The van der Waals surface area contributed by atoms with Crippen molar-refractivity contribution in [3.63, 3.8) is 0 Å².